The molecule has 2 N–H and O–H groups in total. The average Bonchev–Trinajstić information content (AvgIpc) is 2.59. The van der Waals surface area contributed by atoms with Gasteiger partial charge in [0.05, 0.1) is 17.7 Å². The zero-order valence-corrected chi connectivity index (χ0v) is 17.9. The molecule has 0 saturated heterocycles. The highest BCUT2D eigenvalue weighted by atomic mass is 32.2. The molecule has 0 heterocycles. The molecule has 0 atom stereocenters. The molecule has 0 radical (unpaired) electrons. The van der Waals surface area contributed by atoms with Gasteiger partial charge >= 0.3 is 0 Å². The number of aryl methyl sites for hydroxylation is 1. The topological polar surface area (TPSA) is 75.6 Å². The summed E-state index contributed by atoms with van der Waals surface area (Å²) in [7, 11) is -2.32. The number of rotatable bonds is 6. The second-order valence-corrected chi connectivity index (χ2v) is 9.17. The van der Waals surface area contributed by atoms with Crippen LogP contribution < -0.4 is 9.46 Å². The van der Waals surface area contributed by atoms with E-state index in [4.69, 9.17) is 4.74 Å². The minimum Gasteiger partial charge on any atom is -0.506 e. The summed E-state index contributed by atoms with van der Waals surface area (Å²) < 4.78 is 34.1. The number of nitrogens with one attached hydrogen (secondary N) is 1. The summed E-state index contributed by atoms with van der Waals surface area (Å²) >= 11 is 0. The quantitative estimate of drug-likeness (QED) is 0.693. The Kier molecular flexibility index (Phi) is 5.80. The van der Waals surface area contributed by atoms with Crippen molar-refractivity contribution in [2.75, 3.05) is 11.8 Å². The summed E-state index contributed by atoms with van der Waals surface area (Å²) in [6, 6.07) is 6.78. The van der Waals surface area contributed by atoms with Gasteiger partial charge in [0.25, 0.3) is 10.0 Å². The predicted molar refractivity (Wildman–Crippen MR) is 109 cm³/mol. The van der Waals surface area contributed by atoms with E-state index in [1.165, 1.54) is 6.07 Å². The zero-order valence-electron chi connectivity index (χ0n) is 17.1. The first-order valence-electron chi connectivity index (χ1n) is 8.95. The van der Waals surface area contributed by atoms with Crippen LogP contribution in [0.1, 0.15) is 49.4 Å². The van der Waals surface area contributed by atoms with Crippen molar-refractivity contribution in [3.05, 3.63) is 46.5 Å². The van der Waals surface area contributed by atoms with Crippen LogP contribution in [0.5, 0.6) is 11.5 Å². The molecule has 0 amide bonds. The first kappa shape index (κ1) is 21.1. The van der Waals surface area contributed by atoms with Crippen LogP contribution in [-0.4, -0.2) is 20.6 Å². The van der Waals surface area contributed by atoms with Crippen molar-refractivity contribution in [2.24, 2.45) is 0 Å². The number of sulfonamides is 1. The summed E-state index contributed by atoms with van der Waals surface area (Å²) in [6.45, 7) is 11.6. The standard InChI is InChI=1S/C21H29NO4S/c1-8-21(5,6)16-9-10-18(23)17(12-16)22-27(24,25)20-13(2)11-19(26-7)14(3)15(20)4/h9-12,22-23H,8H2,1-7H3. The molecular weight excluding hydrogens is 362 g/mol. The van der Waals surface area contributed by atoms with Crippen molar-refractivity contribution in [2.45, 2.75) is 58.3 Å². The van der Waals surface area contributed by atoms with Gasteiger partial charge in [-0.05, 0) is 73.1 Å². The molecule has 0 fully saturated rings. The number of ether oxygens (including phenoxy) is 1. The van der Waals surface area contributed by atoms with Gasteiger partial charge in [0.1, 0.15) is 11.5 Å². The van der Waals surface area contributed by atoms with E-state index in [9.17, 15) is 13.5 Å². The number of anilines is 1. The molecule has 0 aliphatic heterocycles. The van der Waals surface area contributed by atoms with Crippen LogP contribution in [0.4, 0.5) is 5.69 Å². The van der Waals surface area contributed by atoms with Crippen LogP contribution in [-0.2, 0) is 15.4 Å². The Balaban J connectivity index is 2.55. The molecule has 27 heavy (non-hydrogen) atoms. The highest BCUT2D eigenvalue weighted by molar-refractivity contribution is 7.92. The van der Waals surface area contributed by atoms with Crippen LogP contribution in [0.25, 0.3) is 0 Å². The minimum atomic E-state index is -3.88. The maximum atomic E-state index is 13.1. The van der Waals surface area contributed by atoms with E-state index < -0.39 is 10.0 Å². The maximum Gasteiger partial charge on any atom is 0.262 e. The molecule has 0 unspecified atom stereocenters. The second-order valence-electron chi connectivity index (χ2n) is 7.55. The van der Waals surface area contributed by atoms with Gasteiger partial charge in [-0.2, -0.15) is 0 Å². The fourth-order valence-electron chi connectivity index (χ4n) is 3.09. The van der Waals surface area contributed by atoms with Crippen molar-refractivity contribution in [3.63, 3.8) is 0 Å². The van der Waals surface area contributed by atoms with Crippen molar-refractivity contribution in [1.82, 2.24) is 0 Å². The van der Waals surface area contributed by atoms with Gasteiger partial charge < -0.3 is 9.84 Å². The van der Waals surface area contributed by atoms with Crippen LogP contribution in [0.15, 0.2) is 29.2 Å². The number of phenolic OH excluding ortho intramolecular Hbond substituents is 1. The molecular formula is C21H29NO4S. The van der Waals surface area contributed by atoms with Crippen molar-refractivity contribution in [3.8, 4) is 11.5 Å². The van der Waals surface area contributed by atoms with Crippen molar-refractivity contribution >= 4 is 15.7 Å². The smallest absolute Gasteiger partial charge is 0.262 e. The van der Waals surface area contributed by atoms with Gasteiger partial charge in [-0.1, -0.05) is 26.8 Å². The lowest BCUT2D eigenvalue weighted by Crippen LogP contribution is -2.19. The molecule has 0 aliphatic carbocycles. The van der Waals surface area contributed by atoms with Crippen LogP contribution in [0, 0.1) is 20.8 Å². The lowest BCUT2D eigenvalue weighted by Gasteiger charge is -2.24. The molecule has 0 saturated carbocycles. The Morgan fingerprint density at radius 1 is 1.11 bits per heavy atom. The molecule has 0 aliphatic rings. The van der Waals surface area contributed by atoms with Crippen molar-refractivity contribution < 1.29 is 18.3 Å². The second kappa shape index (κ2) is 7.43. The Morgan fingerprint density at radius 2 is 1.74 bits per heavy atom. The molecule has 2 rings (SSSR count). The SMILES string of the molecule is CCC(C)(C)c1ccc(O)c(NS(=O)(=O)c2c(C)cc(OC)c(C)c2C)c1. The first-order chi connectivity index (χ1) is 12.4. The average molecular weight is 392 g/mol. The summed E-state index contributed by atoms with van der Waals surface area (Å²) in [6.07, 6.45) is 0.889. The first-order valence-corrected chi connectivity index (χ1v) is 10.4. The van der Waals surface area contributed by atoms with E-state index in [2.05, 4.69) is 25.5 Å². The molecule has 5 nitrogen and oxygen atoms in total. The summed E-state index contributed by atoms with van der Waals surface area (Å²) in [5.41, 5.74) is 3.00. The molecule has 148 valence electrons. The molecule has 0 spiro atoms. The molecule has 6 heteroatoms. The number of hydrogen-bond acceptors (Lipinski definition) is 4. The van der Waals surface area contributed by atoms with E-state index in [1.807, 2.05) is 13.0 Å². The Hall–Kier alpha value is -2.21. The third kappa shape index (κ3) is 4.05. The summed E-state index contributed by atoms with van der Waals surface area (Å²) in [4.78, 5) is 0.209. The fourth-order valence-corrected chi connectivity index (χ4v) is 4.68. The largest absolute Gasteiger partial charge is 0.506 e. The Bertz CT molecular complexity index is 963. The monoisotopic (exact) mass is 391 g/mol. The number of methoxy groups -OCH3 is 1. The molecule has 2 aromatic rings. The van der Waals surface area contributed by atoms with E-state index >= 15 is 0 Å². The third-order valence-electron chi connectivity index (χ3n) is 5.37. The van der Waals surface area contributed by atoms with Gasteiger partial charge in [-0.3, -0.25) is 4.72 Å². The number of aromatic hydroxyl groups is 1. The maximum absolute atomic E-state index is 13.1. The number of phenols is 1. The fraction of sp³-hybridized carbons (Fsp3) is 0.429. The normalized spacial score (nSPS) is 12.1. The van der Waals surface area contributed by atoms with Crippen LogP contribution in [0.2, 0.25) is 0 Å². The van der Waals surface area contributed by atoms with Gasteiger partial charge in [0.15, 0.2) is 0 Å². The van der Waals surface area contributed by atoms with Gasteiger partial charge in [0.2, 0.25) is 0 Å². The van der Waals surface area contributed by atoms with Gasteiger partial charge in [-0.25, -0.2) is 8.42 Å². The molecule has 2 aromatic carbocycles. The minimum absolute atomic E-state index is 0.102. The lowest BCUT2D eigenvalue weighted by molar-refractivity contribution is 0.410. The predicted octanol–water partition coefficient (Wildman–Crippen LogP) is 4.81. The van der Waals surface area contributed by atoms with Gasteiger partial charge in [-0.15, -0.1) is 0 Å². The van der Waals surface area contributed by atoms with E-state index in [1.54, 1.807) is 33.1 Å². The Labute approximate surface area is 162 Å². The Morgan fingerprint density at radius 3 is 2.30 bits per heavy atom. The van der Waals surface area contributed by atoms with E-state index in [0.29, 0.717) is 16.9 Å². The molecule has 0 aromatic heterocycles. The highest BCUT2D eigenvalue weighted by Gasteiger charge is 2.25. The number of benzene rings is 2. The molecule has 0 bridgehead atoms. The van der Waals surface area contributed by atoms with E-state index in [0.717, 1.165) is 17.5 Å². The van der Waals surface area contributed by atoms with Crippen LogP contribution in [0.3, 0.4) is 0 Å². The van der Waals surface area contributed by atoms with Crippen LogP contribution >= 0.6 is 0 Å². The van der Waals surface area contributed by atoms with Gasteiger partial charge in [0, 0.05) is 0 Å². The zero-order chi connectivity index (χ0) is 20.6. The summed E-state index contributed by atoms with van der Waals surface area (Å²) in [5.74, 6) is 0.549. The van der Waals surface area contributed by atoms with Crippen molar-refractivity contribution in [1.29, 1.82) is 0 Å². The van der Waals surface area contributed by atoms with E-state index in [-0.39, 0.29) is 21.7 Å². The highest BCUT2D eigenvalue weighted by Crippen LogP contribution is 2.36. The number of hydrogen-bond donors (Lipinski definition) is 2. The summed E-state index contributed by atoms with van der Waals surface area (Å²) in [5, 5.41) is 10.2. The third-order valence-corrected chi connectivity index (χ3v) is 7.03. The lowest BCUT2D eigenvalue weighted by atomic mass is 9.82.